The van der Waals surface area contributed by atoms with Crippen molar-refractivity contribution in [1.82, 2.24) is 10.2 Å². The van der Waals surface area contributed by atoms with Crippen molar-refractivity contribution >= 4 is 11.8 Å². The minimum atomic E-state index is -0.0946. The van der Waals surface area contributed by atoms with Crippen LogP contribution in [0.4, 0.5) is 0 Å². The van der Waals surface area contributed by atoms with Gasteiger partial charge in [-0.05, 0) is 42.7 Å². The van der Waals surface area contributed by atoms with Crippen molar-refractivity contribution < 1.29 is 9.59 Å². The number of nitrogens with zero attached hydrogens (tertiary/aromatic N) is 1. The molecule has 0 atom stereocenters. The van der Waals surface area contributed by atoms with Gasteiger partial charge < -0.3 is 10.2 Å². The summed E-state index contributed by atoms with van der Waals surface area (Å²) in [5.41, 5.74) is 2.34. The molecule has 2 amide bonds. The number of carbonyl (C=O) groups is 2. The zero-order valence-electron chi connectivity index (χ0n) is 13.0. The molecule has 1 saturated heterocycles. The van der Waals surface area contributed by atoms with Gasteiger partial charge in [0.2, 0.25) is 0 Å². The average molecular weight is 308 g/mol. The first kappa shape index (κ1) is 15.3. The van der Waals surface area contributed by atoms with E-state index in [9.17, 15) is 9.59 Å². The molecule has 0 spiro atoms. The van der Waals surface area contributed by atoms with E-state index in [1.807, 2.05) is 47.4 Å². The summed E-state index contributed by atoms with van der Waals surface area (Å²) in [5, 5.41) is 2.88. The maximum absolute atomic E-state index is 12.3. The van der Waals surface area contributed by atoms with Crippen molar-refractivity contribution in [3.8, 4) is 0 Å². The fourth-order valence-electron chi connectivity index (χ4n) is 2.74. The number of likely N-dealkylation sites (tertiary alicyclic amines) is 1. The van der Waals surface area contributed by atoms with E-state index in [2.05, 4.69) is 5.32 Å². The maximum atomic E-state index is 12.3. The van der Waals surface area contributed by atoms with Gasteiger partial charge in [0.15, 0.2) is 0 Å². The van der Waals surface area contributed by atoms with E-state index in [1.165, 1.54) is 0 Å². The van der Waals surface area contributed by atoms with Crippen LogP contribution in [-0.4, -0.2) is 29.8 Å². The van der Waals surface area contributed by atoms with Crippen molar-refractivity contribution in [2.75, 3.05) is 13.1 Å². The Morgan fingerprint density at radius 3 is 2.17 bits per heavy atom. The number of nitrogens with one attached hydrogen (secondary N) is 1. The van der Waals surface area contributed by atoms with E-state index in [0.717, 1.165) is 31.5 Å². The minimum absolute atomic E-state index is 0.0946. The molecule has 1 aliphatic heterocycles. The summed E-state index contributed by atoms with van der Waals surface area (Å²) in [6.45, 7) is 2.16. The number of hydrogen-bond donors (Lipinski definition) is 1. The molecule has 2 aromatic carbocycles. The molecule has 3 rings (SSSR count). The Morgan fingerprint density at radius 1 is 0.870 bits per heavy atom. The average Bonchev–Trinajstić information content (AvgIpc) is 3.15. The van der Waals surface area contributed by atoms with Gasteiger partial charge in [-0.1, -0.05) is 30.3 Å². The van der Waals surface area contributed by atoms with Crippen molar-refractivity contribution in [1.29, 1.82) is 0 Å². The third kappa shape index (κ3) is 3.77. The van der Waals surface area contributed by atoms with Crippen LogP contribution in [0.1, 0.15) is 39.1 Å². The number of carbonyl (C=O) groups excluding carboxylic acids is 2. The predicted molar refractivity (Wildman–Crippen MR) is 89.2 cm³/mol. The first-order chi connectivity index (χ1) is 11.2. The van der Waals surface area contributed by atoms with E-state index >= 15 is 0 Å². The summed E-state index contributed by atoms with van der Waals surface area (Å²) in [6.07, 6.45) is 2.19. The molecule has 2 aromatic rings. The second kappa shape index (κ2) is 7.09. The fraction of sp³-hybridized carbons (Fsp3) is 0.263. The summed E-state index contributed by atoms with van der Waals surface area (Å²) in [6, 6.07) is 16.6. The molecule has 1 N–H and O–H groups in total. The maximum Gasteiger partial charge on any atom is 0.253 e. The van der Waals surface area contributed by atoms with Gasteiger partial charge in [0.25, 0.3) is 11.8 Å². The van der Waals surface area contributed by atoms with Crippen LogP contribution >= 0.6 is 0 Å². The van der Waals surface area contributed by atoms with E-state index in [4.69, 9.17) is 0 Å². The van der Waals surface area contributed by atoms with Crippen molar-refractivity contribution in [2.24, 2.45) is 0 Å². The van der Waals surface area contributed by atoms with Crippen LogP contribution in [0.5, 0.6) is 0 Å². The molecule has 23 heavy (non-hydrogen) atoms. The Labute approximate surface area is 136 Å². The molecule has 0 bridgehead atoms. The van der Waals surface area contributed by atoms with Crippen molar-refractivity contribution in [3.05, 3.63) is 71.3 Å². The van der Waals surface area contributed by atoms with Gasteiger partial charge in [0.1, 0.15) is 0 Å². The molecule has 1 fully saturated rings. The lowest BCUT2D eigenvalue weighted by molar-refractivity contribution is 0.0792. The monoisotopic (exact) mass is 308 g/mol. The molecule has 4 nitrogen and oxygen atoms in total. The lowest BCUT2D eigenvalue weighted by Gasteiger charge is -2.15. The van der Waals surface area contributed by atoms with Gasteiger partial charge in [-0.2, -0.15) is 0 Å². The fourth-order valence-corrected chi connectivity index (χ4v) is 2.74. The van der Waals surface area contributed by atoms with Gasteiger partial charge >= 0.3 is 0 Å². The number of benzene rings is 2. The summed E-state index contributed by atoms with van der Waals surface area (Å²) >= 11 is 0. The highest BCUT2D eigenvalue weighted by Gasteiger charge is 2.19. The van der Waals surface area contributed by atoms with E-state index in [1.54, 1.807) is 12.1 Å². The quantitative estimate of drug-likeness (QED) is 0.944. The van der Waals surface area contributed by atoms with Gasteiger partial charge in [0.05, 0.1) is 0 Å². The lowest BCUT2D eigenvalue weighted by atomic mass is 10.1. The van der Waals surface area contributed by atoms with E-state index in [-0.39, 0.29) is 11.8 Å². The smallest absolute Gasteiger partial charge is 0.253 e. The highest BCUT2D eigenvalue weighted by Crippen LogP contribution is 2.13. The minimum Gasteiger partial charge on any atom is -0.348 e. The first-order valence-electron chi connectivity index (χ1n) is 7.95. The third-order valence-electron chi connectivity index (χ3n) is 4.08. The first-order valence-corrected chi connectivity index (χ1v) is 7.95. The van der Waals surface area contributed by atoms with E-state index in [0.29, 0.717) is 17.7 Å². The van der Waals surface area contributed by atoms with Crippen LogP contribution in [0.25, 0.3) is 0 Å². The van der Waals surface area contributed by atoms with Crippen LogP contribution in [0, 0.1) is 0 Å². The molecule has 4 heteroatoms. The molecule has 0 aromatic heterocycles. The van der Waals surface area contributed by atoms with Crippen LogP contribution in [-0.2, 0) is 6.54 Å². The zero-order chi connectivity index (χ0) is 16.1. The normalized spacial score (nSPS) is 13.8. The molecular formula is C19H20N2O2. The molecule has 0 radical (unpaired) electrons. The van der Waals surface area contributed by atoms with Gasteiger partial charge in [-0.3, -0.25) is 9.59 Å². The summed E-state index contributed by atoms with van der Waals surface area (Å²) in [7, 11) is 0. The summed E-state index contributed by atoms with van der Waals surface area (Å²) in [5.74, 6) is 0.00481. The topological polar surface area (TPSA) is 49.4 Å². The van der Waals surface area contributed by atoms with Gasteiger partial charge in [-0.25, -0.2) is 0 Å². The lowest BCUT2D eigenvalue weighted by Crippen LogP contribution is -2.27. The van der Waals surface area contributed by atoms with Crippen molar-refractivity contribution in [3.63, 3.8) is 0 Å². The Hall–Kier alpha value is -2.62. The highest BCUT2D eigenvalue weighted by atomic mass is 16.2. The highest BCUT2D eigenvalue weighted by molar-refractivity contribution is 5.95. The molecular weight excluding hydrogens is 288 g/mol. The molecule has 1 aliphatic rings. The predicted octanol–water partition coefficient (Wildman–Crippen LogP) is 2.85. The Kier molecular flexibility index (Phi) is 4.71. The number of hydrogen-bond acceptors (Lipinski definition) is 2. The Bertz CT molecular complexity index is 674. The third-order valence-corrected chi connectivity index (χ3v) is 4.08. The second-order valence-electron chi connectivity index (χ2n) is 5.74. The molecule has 0 aliphatic carbocycles. The van der Waals surface area contributed by atoms with E-state index < -0.39 is 0 Å². The Balaban J connectivity index is 1.57. The largest absolute Gasteiger partial charge is 0.348 e. The van der Waals surface area contributed by atoms with Gasteiger partial charge in [-0.15, -0.1) is 0 Å². The van der Waals surface area contributed by atoms with Crippen LogP contribution < -0.4 is 5.32 Å². The molecule has 0 unspecified atom stereocenters. The second-order valence-corrected chi connectivity index (χ2v) is 5.74. The van der Waals surface area contributed by atoms with Crippen LogP contribution in [0.15, 0.2) is 54.6 Å². The summed E-state index contributed by atoms with van der Waals surface area (Å²) in [4.78, 5) is 26.2. The number of amides is 2. The molecule has 1 heterocycles. The van der Waals surface area contributed by atoms with Gasteiger partial charge in [0, 0.05) is 30.8 Å². The SMILES string of the molecule is O=C(NCc1ccc(C(=O)N2CCCC2)cc1)c1ccccc1. The zero-order valence-corrected chi connectivity index (χ0v) is 13.0. The standard InChI is InChI=1S/C19H20N2O2/c22-18(16-6-2-1-3-7-16)20-14-15-8-10-17(11-9-15)19(23)21-12-4-5-13-21/h1-3,6-11H,4-5,12-14H2,(H,20,22). The van der Waals surface area contributed by atoms with Crippen molar-refractivity contribution in [2.45, 2.75) is 19.4 Å². The van der Waals surface area contributed by atoms with Crippen LogP contribution in [0.3, 0.4) is 0 Å². The molecule has 118 valence electrons. The van der Waals surface area contributed by atoms with Crippen LogP contribution in [0.2, 0.25) is 0 Å². The summed E-state index contributed by atoms with van der Waals surface area (Å²) < 4.78 is 0. The Morgan fingerprint density at radius 2 is 1.52 bits per heavy atom. The molecule has 0 saturated carbocycles. The number of rotatable bonds is 4.